The molecule has 142 valence electrons. The molecule has 0 radical (unpaired) electrons. The summed E-state index contributed by atoms with van der Waals surface area (Å²) in [6.07, 6.45) is 2.51. The molecule has 0 N–H and O–H groups in total. The van der Waals surface area contributed by atoms with E-state index in [2.05, 4.69) is 0 Å². The van der Waals surface area contributed by atoms with Gasteiger partial charge in [-0.2, -0.15) is 0 Å². The monoisotopic (exact) mass is 366 g/mol. The van der Waals surface area contributed by atoms with Crippen LogP contribution in [-0.4, -0.2) is 36.3 Å². The molecule has 0 bridgehead atoms. The number of hydrogen-bond acceptors (Lipinski definition) is 3. The molecule has 2 aromatic carbocycles. The number of ether oxygens (including phenoxy) is 1. The number of benzene rings is 2. The molecule has 0 aromatic heterocycles. The van der Waals surface area contributed by atoms with Crippen LogP contribution in [0, 0.1) is 0 Å². The average Bonchev–Trinajstić information content (AvgIpc) is 3.23. The molecule has 5 heteroatoms. The Hall–Kier alpha value is -2.82. The number of rotatable bonds is 7. The molecule has 1 aliphatic heterocycles. The molecule has 1 saturated heterocycles. The highest BCUT2D eigenvalue weighted by Gasteiger charge is 2.20. The second kappa shape index (κ2) is 9.21. The zero-order valence-electron chi connectivity index (χ0n) is 15.8. The number of likely N-dealkylation sites (tertiary alicyclic amines) is 1. The molecule has 27 heavy (non-hydrogen) atoms. The summed E-state index contributed by atoms with van der Waals surface area (Å²) in [5.74, 6) is 0.808. The van der Waals surface area contributed by atoms with Gasteiger partial charge < -0.3 is 14.5 Å². The van der Waals surface area contributed by atoms with Gasteiger partial charge in [-0.1, -0.05) is 30.3 Å². The summed E-state index contributed by atoms with van der Waals surface area (Å²) in [5.41, 5.74) is 1.89. The molecule has 0 saturated carbocycles. The molecule has 1 aliphatic rings. The predicted octanol–water partition coefficient (Wildman–Crippen LogP) is 3.63. The second-order valence-corrected chi connectivity index (χ2v) is 6.78. The second-order valence-electron chi connectivity index (χ2n) is 6.78. The average molecular weight is 366 g/mol. The van der Waals surface area contributed by atoms with Gasteiger partial charge in [0.1, 0.15) is 12.4 Å². The van der Waals surface area contributed by atoms with Crippen molar-refractivity contribution in [3.63, 3.8) is 0 Å². The van der Waals surface area contributed by atoms with Gasteiger partial charge in [0.25, 0.3) is 0 Å². The van der Waals surface area contributed by atoms with Gasteiger partial charge in [-0.15, -0.1) is 0 Å². The normalized spacial score (nSPS) is 13.4. The molecule has 2 amide bonds. The summed E-state index contributed by atoms with van der Waals surface area (Å²) in [7, 11) is 0. The van der Waals surface area contributed by atoms with Crippen LogP contribution in [0.2, 0.25) is 0 Å². The van der Waals surface area contributed by atoms with Crippen molar-refractivity contribution in [1.82, 2.24) is 4.90 Å². The van der Waals surface area contributed by atoms with E-state index >= 15 is 0 Å². The summed E-state index contributed by atoms with van der Waals surface area (Å²) in [5, 5.41) is 0. The third kappa shape index (κ3) is 5.33. The SMILES string of the molecule is CC(=O)N(CCC(=O)N1CCCC1)c1ccc(OCc2ccccc2)cc1. The van der Waals surface area contributed by atoms with Crippen molar-refractivity contribution in [3.8, 4) is 5.75 Å². The van der Waals surface area contributed by atoms with E-state index in [0.29, 0.717) is 19.6 Å². The van der Waals surface area contributed by atoms with Crippen molar-refractivity contribution in [2.24, 2.45) is 0 Å². The molecule has 0 aliphatic carbocycles. The van der Waals surface area contributed by atoms with Gasteiger partial charge in [-0.05, 0) is 42.7 Å². The highest BCUT2D eigenvalue weighted by molar-refractivity contribution is 5.92. The summed E-state index contributed by atoms with van der Waals surface area (Å²) in [4.78, 5) is 27.8. The molecule has 0 spiro atoms. The van der Waals surface area contributed by atoms with Gasteiger partial charge in [-0.3, -0.25) is 9.59 Å². The Bertz CT molecular complexity index is 753. The predicted molar refractivity (Wildman–Crippen MR) is 106 cm³/mol. The standard InChI is InChI=1S/C22H26N2O3/c1-18(25)24(16-13-22(26)23-14-5-6-15-23)20-9-11-21(12-10-20)27-17-19-7-3-2-4-8-19/h2-4,7-12H,5-6,13-17H2,1H3. The Morgan fingerprint density at radius 1 is 1.00 bits per heavy atom. The molecule has 5 nitrogen and oxygen atoms in total. The molecular formula is C22H26N2O3. The van der Waals surface area contributed by atoms with Crippen molar-refractivity contribution < 1.29 is 14.3 Å². The van der Waals surface area contributed by atoms with E-state index in [1.165, 1.54) is 6.92 Å². The van der Waals surface area contributed by atoms with Crippen LogP contribution in [-0.2, 0) is 16.2 Å². The highest BCUT2D eigenvalue weighted by Crippen LogP contribution is 2.21. The first-order chi connectivity index (χ1) is 13.1. The van der Waals surface area contributed by atoms with Crippen LogP contribution in [0.15, 0.2) is 54.6 Å². The van der Waals surface area contributed by atoms with E-state index in [0.717, 1.165) is 42.9 Å². The van der Waals surface area contributed by atoms with Crippen molar-refractivity contribution >= 4 is 17.5 Å². The summed E-state index contributed by atoms with van der Waals surface area (Å²) in [6.45, 7) is 4.11. The molecule has 1 fully saturated rings. The highest BCUT2D eigenvalue weighted by atomic mass is 16.5. The molecule has 1 heterocycles. The lowest BCUT2D eigenvalue weighted by Gasteiger charge is -2.23. The Labute approximate surface area is 160 Å². The Balaban J connectivity index is 1.56. The van der Waals surface area contributed by atoms with Gasteiger partial charge in [0.05, 0.1) is 0 Å². The molecule has 0 unspecified atom stereocenters. The van der Waals surface area contributed by atoms with Gasteiger partial charge in [0, 0.05) is 38.7 Å². The fraction of sp³-hybridized carbons (Fsp3) is 0.364. The molecule has 3 rings (SSSR count). The van der Waals surface area contributed by atoms with Gasteiger partial charge >= 0.3 is 0 Å². The van der Waals surface area contributed by atoms with E-state index in [4.69, 9.17) is 4.74 Å². The van der Waals surface area contributed by atoms with Crippen LogP contribution in [0.3, 0.4) is 0 Å². The van der Waals surface area contributed by atoms with E-state index in [1.54, 1.807) is 4.90 Å². The van der Waals surface area contributed by atoms with Crippen LogP contribution in [0.5, 0.6) is 5.75 Å². The lowest BCUT2D eigenvalue weighted by atomic mass is 10.2. The first-order valence-corrected chi connectivity index (χ1v) is 9.46. The van der Waals surface area contributed by atoms with Gasteiger partial charge in [0.2, 0.25) is 11.8 Å². The summed E-state index contributed by atoms with van der Waals surface area (Å²) >= 11 is 0. The fourth-order valence-electron chi connectivity index (χ4n) is 3.26. The minimum Gasteiger partial charge on any atom is -0.489 e. The lowest BCUT2D eigenvalue weighted by molar-refractivity contribution is -0.129. The maximum Gasteiger partial charge on any atom is 0.224 e. The third-order valence-corrected chi connectivity index (χ3v) is 4.78. The van der Waals surface area contributed by atoms with Crippen LogP contribution < -0.4 is 9.64 Å². The van der Waals surface area contributed by atoms with E-state index in [1.807, 2.05) is 59.5 Å². The van der Waals surface area contributed by atoms with Gasteiger partial charge in [0.15, 0.2) is 0 Å². The van der Waals surface area contributed by atoms with E-state index in [9.17, 15) is 9.59 Å². The van der Waals surface area contributed by atoms with E-state index < -0.39 is 0 Å². The Morgan fingerprint density at radius 3 is 2.30 bits per heavy atom. The van der Waals surface area contributed by atoms with Crippen LogP contribution in [0.1, 0.15) is 31.7 Å². The van der Waals surface area contributed by atoms with Crippen molar-refractivity contribution in [1.29, 1.82) is 0 Å². The number of anilines is 1. The Kier molecular flexibility index (Phi) is 6.47. The summed E-state index contributed by atoms with van der Waals surface area (Å²) < 4.78 is 5.79. The zero-order chi connectivity index (χ0) is 19.1. The van der Waals surface area contributed by atoms with Gasteiger partial charge in [-0.25, -0.2) is 0 Å². The van der Waals surface area contributed by atoms with Crippen molar-refractivity contribution in [2.75, 3.05) is 24.5 Å². The number of carbonyl (C=O) groups is 2. The molecule has 0 atom stereocenters. The number of nitrogens with zero attached hydrogens (tertiary/aromatic N) is 2. The van der Waals surface area contributed by atoms with Crippen LogP contribution in [0.25, 0.3) is 0 Å². The number of carbonyl (C=O) groups excluding carboxylic acids is 2. The lowest BCUT2D eigenvalue weighted by Crippen LogP contribution is -2.35. The first-order valence-electron chi connectivity index (χ1n) is 9.46. The fourth-order valence-corrected chi connectivity index (χ4v) is 3.26. The third-order valence-electron chi connectivity index (χ3n) is 4.78. The van der Waals surface area contributed by atoms with Crippen LogP contribution in [0.4, 0.5) is 5.69 Å². The Morgan fingerprint density at radius 2 is 1.67 bits per heavy atom. The van der Waals surface area contributed by atoms with Crippen molar-refractivity contribution in [3.05, 3.63) is 60.2 Å². The molecule has 2 aromatic rings. The maximum atomic E-state index is 12.2. The maximum absolute atomic E-state index is 12.2. The quantitative estimate of drug-likeness (QED) is 0.752. The largest absolute Gasteiger partial charge is 0.489 e. The smallest absolute Gasteiger partial charge is 0.224 e. The van der Waals surface area contributed by atoms with Crippen molar-refractivity contribution in [2.45, 2.75) is 32.8 Å². The van der Waals surface area contributed by atoms with Crippen LogP contribution >= 0.6 is 0 Å². The van der Waals surface area contributed by atoms with E-state index in [-0.39, 0.29) is 11.8 Å². The number of amides is 2. The first kappa shape index (κ1) is 19.0. The molecular weight excluding hydrogens is 340 g/mol. The minimum absolute atomic E-state index is 0.0674. The summed E-state index contributed by atoms with van der Waals surface area (Å²) in [6, 6.07) is 17.4. The zero-order valence-corrected chi connectivity index (χ0v) is 15.8. The minimum atomic E-state index is -0.0674. The topological polar surface area (TPSA) is 49.9 Å². The number of hydrogen-bond donors (Lipinski definition) is 0.